The van der Waals surface area contributed by atoms with Gasteiger partial charge in [0.2, 0.25) is 0 Å². The van der Waals surface area contributed by atoms with Gasteiger partial charge in [-0.05, 0) is 33.6 Å². The standard InChI is InChI=1S/C19H25N5O3S.CH2O2/c1-10-14(12(3)27-21-10)7-24-8-15-13(16-4-5-19(15,9-24)26-16)6-20-18(25)17-11(2)22-28-23-17;2-1-3/h13,15-16H,4-9H2,1-3H3,(H,20,25);1H,(H,2,3)/t13-,15+,16+,19+;/m0./s1. The van der Waals surface area contributed by atoms with E-state index < -0.39 is 0 Å². The van der Waals surface area contributed by atoms with Crippen molar-refractivity contribution in [2.45, 2.75) is 51.9 Å². The van der Waals surface area contributed by atoms with E-state index in [1.807, 2.05) is 20.8 Å². The molecule has 2 aromatic rings. The Morgan fingerprint density at radius 2 is 2.13 bits per heavy atom. The van der Waals surface area contributed by atoms with E-state index >= 15 is 0 Å². The van der Waals surface area contributed by atoms with Crippen molar-refractivity contribution < 1.29 is 24.0 Å². The van der Waals surface area contributed by atoms with Crippen molar-refractivity contribution in [2.75, 3.05) is 19.6 Å². The van der Waals surface area contributed by atoms with E-state index in [-0.39, 0.29) is 24.1 Å². The average molecular weight is 450 g/mol. The number of carbonyl (C=O) groups is 2. The van der Waals surface area contributed by atoms with Gasteiger partial charge in [-0.2, -0.15) is 8.75 Å². The molecule has 5 rings (SSSR count). The number of aryl methyl sites for hydroxylation is 3. The fourth-order valence-corrected chi connectivity index (χ4v) is 5.91. The van der Waals surface area contributed by atoms with Crippen LogP contribution in [-0.2, 0) is 16.1 Å². The summed E-state index contributed by atoms with van der Waals surface area (Å²) in [4.78, 5) is 23.3. The molecule has 0 saturated carbocycles. The molecule has 0 unspecified atom stereocenters. The molecule has 0 aliphatic carbocycles. The van der Waals surface area contributed by atoms with E-state index in [4.69, 9.17) is 19.2 Å². The summed E-state index contributed by atoms with van der Waals surface area (Å²) in [6.07, 6.45) is 2.44. The number of carboxylic acid groups (broad SMARTS) is 1. The van der Waals surface area contributed by atoms with Crippen molar-refractivity contribution in [1.82, 2.24) is 24.1 Å². The monoisotopic (exact) mass is 449 g/mol. The van der Waals surface area contributed by atoms with Crippen LogP contribution in [0.4, 0.5) is 0 Å². The third-order valence-corrected chi connectivity index (χ3v) is 7.40. The second-order valence-electron chi connectivity index (χ2n) is 8.52. The van der Waals surface area contributed by atoms with Gasteiger partial charge in [0.15, 0.2) is 5.69 Å². The number of likely N-dealkylation sites (tertiary alicyclic amines) is 1. The van der Waals surface area contributed by atoms with E-state index in [1.165, 1.54) is 5.56 Å². The Morgan fingerprint density at radius 3 is 2.77 bits per heavy atom. The number of aromatic nitrogens is 3. The zero-order chi connectivity index (χ0) is 22.2. The number of hydrogen-bond acceptors (Lipinski definition) is 9. The SMILES string of the molecule is Cc1nsnc1C(=O)NC[C@H]1[C@H]2CN(Cc3c(C)noc3C)C[C@]23CC[C@H]1O3.O=CO. The Kier molecular flexibility index (Phi) is 6.09. The smallest absolute Gasteiger partial charge is 0.290 e. The van der Waals surface area contributed by atoms with E-state index in [0.29, 0.717) is 29.8 Å². The molecule has 31 heavy (non-hydrogen) atoms. The van der Waals surface area contributed by atoms with Crippen LogP contribution in [0.2, 0.25) is 0 Å². The number of amides is 1. The van der Waals surface area contributed by atoms with Crippen molar-refractivity contribution in [3.8, 4) is 0 Å². The highest BCUT2D eigenvalue weighted by Crippen LogP contribution is 2.54. The highest BCUT2D eigenvalue weighted by atomic mass is 32.1. The van der Waals surface area contributed by atoms with E-state index in [9.17, 15) is 4.79 Å². The summed E-state index contributed by atoms with van der Waals surface area (Å²) >= 11 is 1.08. The molecule has 1 spiro atoms. The van der Waals surface area contributed by atoms with Crippen LogP contribution in [0.15, 0.2) is 4.52 Å². The van der Waals surface area contributed by atoms with Crippen molar-refractivity contribution in [3.05, 3.63) is 28.4 Å². The zero-order valence-corrected chi connectivity index (χ0v) is 18.6. The summed E-state index contributed by atoms with van der Waals surface area (Å²) in [6, 6.07) is 0. The molecule has 0 radical (unpaired) electrons. The predicted molar refractivity (Wildman–Crippen MR) is 111 cm³/mol. The molecule has 3 aliphatic heterocycles. The van der Waals surface area contributed by atoms with Crippen molar-refractivity contribution >= 4 is 24.1 Å². The Bertz CT molecular complexity index is 942. The molecule has 4 atom stereocenters. The number of carbonyl (C=O) groups excluding carboxylic acids is 1. The first kappa shape index (κ1) is 21.8. The van der Waals surface area contributed by atoms with Crippen LogP contribution < -0.4 is 5.32 Å². The summed E-state index contributed by atoms with van der Waals surface area (Å²) < 4.78 is 20.0. The Balaban J connectivity index is 0.000000730. The zero-order valence-electron chi connectivity index (χ0n) is 17.8. The molecule has 3 fully saturated rings. The lowest BCUT2D eigenvalue weighted by molar-refractivity contribution is -0.122. The van der Waals surface area contributed by atoms with Crippen LogP contribution in [0.25, 0.3) is 0 Å². The number of nitrogens with one attached hydrogen (secondary N) is 1. The summed E-state index contributed by atoms with van der Waals surface area (Å²) in [7, 11) is 0. The normalized spacial score (nSPS) is 28.8. The van der Waals surface area contributed by atoms with Gasteiger partial charge < -0.3 is 19.7 Å². The maximum absolute atomic E-state index is 12.5. The first-order chi connectivity index (χ1) is 14.9. The Labute approximate surface area is 184 Å². The minimum Gasteiger partial charge on any atom is -0.483 e. The fraction of sp³-hybridized carbons (Fsp3) is 0.650. The Morgan fingerprint density at radius 1 is 1.35 bits per heavy atom. The first-order valence-electron chi connectivity index (χ1n) is 10.4. The Hall–Kier alpha value is -2.37. The van der Waals surface area contributed by atoms with Crippen molar-refractivity contribution in [1.29, 1.82) is 0 Å². The first-order valence-corrected chi connectivity index (χ1v) is 11.1. The molecule has 2 N–H and O–H groups in total. The fourth-order valence-electron chi connectivity index (χ4n) is 5.36. The molecule has 2 aromatic heterocycles. The van der Waals surface area contributed by atoms with Gasteiger partial charge in [-0.25, -0.2) is 0 Å². The molecular weight excluding hydrogens is 422 g/mol. The van der Waals surface area contributed by atoms with Gasteiger partial charge >= 0.3 is 0 Å². The molecule has 168 valence electrons. The third kappa shape index (κ3) is 3.97. The lowest BCUT2D eigenvalue weighted by Gasteiger charge is -2.29. The maximum Gasteiger partial charge on any atom is 0.290 e. The molecule has 5 heterocycles. The molecular formula is C20H27N5O5S. The molecule has 0 aromatic carbocycles. The van der Waals surface area contributed by atoms with Gasteiger partial charge in [0, 0.05) is 43.6 Å². The summed E-state index contributed by atoms with van der Waals surface area (Å²) in [5, 5.41) is 14.1. The quantitative estimate of drug-likeness (QED) is 0.653. The lowest BCUT2D eigenvalue weighted by Crippen LogP contribution is -2.42. The number of ether oxygens (including phenoxy) is 1. The molecule has 1 amide bonds. The predicted octanol–water partition coefficient (Wildman–Crippen LogP) is 1.56. The van der Waals surface area contributed by atoms with Crippen molar-refractivity contribution in [3.63, 3.8) is 0 Å². The molecule has 3 aliphatic rings. The minimum atomic E-state index is -0.250. The van der Waals surface area contributed by atoms with Crippen LogP contribution in [-0.4, -0.2) is 67.6 Å². The summed E-state index contributed by atoms with van der Waals surface area (Å²) in [5.74, 6) is 1.56. The molecule has 11 heteroatoms. The number of fused-ring (bicyclic) bond motifs is 1. The van der Waals surface area contributed by atoms with Gasteiger partial charge in [-0.15, -0.1) is 0 Å². The third-order valence-electron chi connectivity index (χ3n) is 6.78. The van der Waals surface area contributed by atoms with Crippen LogP contribution in [0.1, 0.15) is 46.0 Å². The summed E-state index contributed by atoms with van der Waals surface area (Å²) in [5.41, 5.74) is 3.22. The highest BCUT2D eigenvalue weighted by molar-refractivity contribution is 6.99. The number of nitrogens with zero attached hydrogens (tertiary/aromatic N) is 4. The number of rotatable bonds is 5. The second kappa shape index (κ2) is 8.64. The second-order valence-corrected chi connectivity index (χ2v) is 9.04. The van der Waals surface area contributed by atoms with Gasteiger partial charge in [-0.3, -0.25) is 14.5 Å². The van der Waals surface area contributed by atoms with Crippen LogP contribution in [0.5, 0.6) is 0 Å². The lowest BCUT2D eigenvalue weighted by atomic mass is 9.73. The van der Waals surface area contributed by atoms with Crippen molar-refractivity contribution in [2.24, 2.45) is 11.8 Å². The maximum atomic E-state index is 12.5. The van der Waals surface area contributed by atoms with E-state index in [2.05, 4.69) is 24.1 Å². The minimum absolute atomic E-state index is 0.0584. The van der Waals surface area contributed by atoms with Gasteiger partial charge in [0.1, 0.15) is 5.76 Å². The van der Waals surface area contributed by atoms with Crippen LogP contribution in [0.3, 0.4) is 0 Å². The van der Waals surface area contributed by atoms with E-state index in [1.54, 1.807) is 0 Å². The molecule has 3 saturated heterocycles. The summed E-state index contributed by atoms with van der Waals surface area (Å²) in [6.45, 7) is 8.94. The average Bonchev–Trinajstić information content (AvgIpc) is 3.52. The molecule has 10 nitrogen and oxygen atoms in total. The largest absolute Gasteiger partial charge is 0.483 e. The highest BCUT2D eigenvalue weighted by Gasteiger charge is 2.62. The molecule has 2 bridgehead atoms. The van der Waals surface area contributed by atoms with Gasteiger partial charge in [-0.1, -0.05) is 5.16 Å². The topological polar surface area (TPSA) is 131 Å². The van der Waals surface area contributed by atoms with Crippen LogP contribution >= 0.6 is 11.7 Å². The van der Waals surface area contributed by atoms with Gasteiger partial charge in [0.05, 0.1) is 34.8 Å². The number of hydrogen-bond donors (Lipinski definition) is 2. The van der Waals surface area contributed by atoms with Gasteiger partial charge in [0.25, 0.3) is 12.4 Å². The van der Waals surface area contributed by atoms with Crippen LogP contribution in [0, 0.1) is 32.6 Å². The van der Waals surface area contributed by atoms with E-state index in [0.717, 1.165) is 55.7 Å².